The molecule has 2 N–H and O–H groups in total. The Balaban J connectivity index is 3.49. The summed E-state index contributed by atoms with van der Waals surface area (Å²) in [6.07, 6.45) is 0.620. The molecule has 0 heterocycles. The van der Waals surface area contributed by atoms with E-state index >= 15 is 0 Å². The van der Waals surface area contributed by atoms with Crippen LogP contribution in [0.5, 0.6) is 0 Å². The quantitative estimate of drug-likeness (QED) is 0.655. The third-order valence-corrected chi connectivity index (χ3v) is 2.58. The molecule has 0 unspecified atom stereocenters. The lowest BCUT2D eigenvalue weighted by molar-refractivity contribution is 0.1000. The van der Waals surface area contributed by atoms with E-state index in [0.717, 1.165) is 0 Å². The van der Waals surface area contributed by atoms with Gasteiger partial charge in [0, 0.05) is 9.13 Å². The molecule has 0 fully saturated rings. The molecule has 0 aliphatic carbocycles. The van der Waals surface area contributed by atoms with E-state index < -0.39 is 5.91 Å². The van der Waals surface area contributed by atoms with E-state index in [1.54, 1.807) is 0 Å². The maximum absolute atomic E-state index is 10.9. The minimum absolute atomic E-state index is 0.0787. The van der Waals surface area contributed by atoms with Gasteiger partial charge in [0.05, 0.1) is 17.2 Å². The van der Waals surface area contributed by atoms with Crippen LogP contribution >= 0.6 is 22.6 Å². The molecule has 0 saturated heterocycles. The number of primary amides is 1. The third kappa shape index (κ3) is 1.90. The minimum Gasteiger partial charge on any atom is -0.366 e. The molecule has 1 rings (SSSR count). The average molecular weight is 300 g/mol. The number of nitriles is 1. The topological polar surface area (TPSA) is 83.9 Å². The van der Waals surface area contributed by atoms with Crippen molar-refractivity contribution in [3.05, 3.63) is 32.4 Å². The molecule has 1 aromatic carbocycles. The summed E-state index contributed by atoms with van der Waals surface area (Å²) in [7, 11) is 0. The summed E-state index contributed by atoms with van der Waals surface area (Å²) in [4.78, 5) is 21.5. The van der Waals surface area contributed by atoms with Crippen molar-refractivity contribution in [2.24, 2.45) is 5.73 Å². The number of hydrogen-bond acceptors (Lipinski definition) is 3. The van der Waals surface area contributed by atoms with E-state index in [0.29, 0.717) is 15.4 Å². The van der Waals surface area contributed by atoms with Crippen LogP contribution in [0.1, 0.15) is 26.3 Å². The maximum atomic E-state index is 10.9. The van der Waals surface area contributed by atoms with E-state index in [9.17, 15) is 9.59 Å². The molecule has 0 saturated carbocycles. The molecule has 14 heavy (non-hydrogen) atoms. The highest BCUT2D eigenvalue weighted by atomic mass is 127. The zero-order chi connectivity index (χ0) is 10.7. The van der Waals surface area contributed by atoms with E-state index in [2.05, 4.69) is 0 Å². The van der Waals surface area contributed by atoms with Gasteiger partial charge < -0.3 is 5.73 Å². The van der Waals surface area contributed by atoms with Crippen LogP contribution in [-0.2, 0) is 0 Å². The number of benzene rings is 1. The van der Waals surface area contributed by atoms with Gasteiger partial charge in [-0.2, -0.15) is 5.26 Å². The summed E-state index contributed by atoms with van der Waals surface area (Å²) < 4.78 is 0.624. The van der Waals surface area contributed by atoms with Gasteiger partial charge in [0.1, 0.15) is 0 Å². The number of rotatable bonds is 2. The predicted molar refractivity (Wildman–Crippen MR) is 57.8 cm³/mol. The Morgan fingerprint density at radius 1 is 1.57 bits per heavy atom. The smallest absolute Gasteiger partial charge is 0.250 e. The standard InChI is InChI=1S/C9H5IN2O2/c10-8-2-5(3-11)7(9(12)14)1-6(8)4-13/h1-2,4H,(H2,12,14). The Kier molecular flexibility index (Phi) is 3.19. The van der Waals surface area contributed by atoms with Crippen molar-refractivity contribution in [2.45, 2.75) is 0 Å². The Labute approximate surface area is 93.8 Å². The molecule has 70 valence electrons. The highest BCUT2D eigenvalue weighted by molar-refractivity contribution is 14.1. The van der Waals surface area contributed by atoms with Crippen molar-refractivity contribution in [1.82, 2.24) is 0 Å². The second kappa shape index (κ2) is 4.19. The van der Waals surface area contributed by atoms with Crippen molar-refractivity contribution in [3.8, 4) is 6.07 Å². The monoisotopic (exact) mass is 300 g/mol. The summed E-state index contributed by atoms with van der Waals surface area (Å²) >= 11 is 1.91. The van der Waals surface area contributed by atoms with Crippen molar-refractivity contribution in [2.75, 3.05) is 0 Å². The number of nitrogens with two attached hydrogens (primary N) is 1. The van der Waals surface area contributed by atoms with Gasteiger partial charge in [0.2, 0.25) is 5.91 Å². The van der Waals surface area contributed by atoms with Crippen molar-refractivity contribution in [3.63, 3.8) is 0 Å². The number of aldehydes is 1. The largest absolute Gasteiger partial charge is 0.366 e. The van der Waals surface area contributed by atoms with Crippen molar-refractivity contribution < 1.29 is 9.59 Å². The van der Waals surface area contributed by atoms with E-state index in [1.807, 2.05) is 28.7 Å². The van der Waals surface area contributed by atoms with Crippen LogP contribution < -0.4 is 5.73 Å². The first-order valence-corrected chi connectivity index (χ1v) is 4.66. The van der Waals surface area contributed by atoms with Gasteiger partial charge in [-0.3, -0.25) is 9.59 Å². The number of amides is 1. The number of nitrogens with zero attached hydrogens (tertiary/aromatic N) is 1. The number of halogens is 1. The van der Waals surface area contributed by atoms with Crippen LogP contribution in [0, 0.1) is 14.9 Å². The highest BCUT2D eigenvalue weighted by Gasteiger charge is 2.11. The Morgan fingerprint density at radius 3 is 2.64 bits per heavy atom. The zero-order valence-corrected chi connectivity index (χ0v) is 9.11. The molecule has 1 amide bonds. The van der Waals surface area contributed by atoms with Gasteiger partial charge in [-0.1, -0.05) is 0 Å². The average Bonchev–Trinajstić information content (AvgIpc) is 2.16. The lowest BCUT2D eigenvalue weighted by Gasteiger charge is -2.02. The number of carbonyl (C=O) groups is 2. The molecule has 0 spiro atoms. The van der Waals surface area contributed by atoms with Gasteiger partial charge in [-0.05, 0) is 34.7 Å². The summed E-state index contributed by atoms with van der Waals surface area (Å²) in [6, 6.07) is 4.64. The lowest BCUT2D eigenvalue weighted by Crippen LogP contribution is -2.13. The van der Waals surface area contributed by atoms with Crippen LogP contribution in [0.25, 0.3) is 0 Å². The van der Waals surface area contributed by atoms with Gasteiger partial charge in [-0.25, -0.2) is 0 Å². The molecule has 0 aliphatic rings. The van der Waals surface area contributed by atoms with E-state index in [1.165, 1.54) is 12.1 Å². The van der Waals surface area contributed by atoms with Gasteiger partial charge in [0.25, 0.3) is 0 Å². The minimum atomic E-state index is -0.707. The normalized spacial score (nSPS) is 9.14. The van der Waals surface area contributed by atoms with Crippen molar-refractivity contribution >= 4 is 34.8 Å². The maximum Gasteiger partial charge on any atom is 0.250 e. The second-order valence-electron chi connectivity index (χ2n) is 2.51. The first-order valence-electron chi connectivity index (χ1n) is 3.58. The predicted octanol–water partition coefficient (Wildman–Crippen LogP) is 1.07. The summed E-state index contributed by atoms with van der Waals surface area (Å²) in [6.45, 7) is 0. The van der Waals surface area contributed by atoms with Gasteiger partial charge >= 0.3 is 0 Å². The molecule has 5 heteroatoms. The SMILES string of the molecule is N#Cc1cc(I)c(C=O)cc1C(N)=O. The summed E-state index contributed by atoms with van der Waals surface area (Å²) in [5, 5.41) is 8.71. The van der Waals surface area contributed by atoms with E-state index in [4.69, 9.17) is 11.0 Å². The molecule has 0 aliphatic heterocycles. The number of hydrogen-bond donors (Lipinski definition) is 1. The first-order chi connectivity index (χ1) is 6.60. The Hall–Kier alpha value is -1.42. The molecule has 0 aromatic heterocycles. The fourth-order valence-electron chi connectivity index (χ4n) is 0.977. The summed E-state index contributed by atoms with van der Waals surface area (Å²) in [5.41, 5.74) is 5.68. The fourth-order valence-corrected chi connectivity index (χ4v) is 1.57. The number of carbonyl (C=O) groups excluding carboxylic acids is 2. The molecule has 1 aromatic rings. The Bertz CT molecular complexity index is 449. The van der Waals surface area contributed by atoms with Crippen LogP contribution in [-0.4, -0.2) is 12.2 Å². The molecule has 4 nitrogen and oxygen atoms in total. The third-order valence-electron chi connectivity index (χ3n) is 1.65. The Morgan fingerprint density at radius 2 is 2.21 bits per heavy atom. The summed E-state index contributed by atoms with van der Waals surface area (Å²) in [5.74, 6) is -0.707. The first kappa shape index (κ1) is 10.7. The van der Waals surface area contributed by atoms with Gasteiger partial charge in [0.15, 0.2) is 6.29 Å². The lowest BCUT2D eigenvalue weighted by atomic mass is 10.1. The second-order valence-corrected chi connectivity index (χ2v) is 3.68. The van der Waals surface area contributed by atoms with Crippen LogP contribution in [0.3, 0.4) is 0 Å². The van der Waals surface area contributed by atoms with Crippen molar-refractivity contribution in [1.29, 1.82) is 5.26 Å². The highest BCUT2D eigenvalue weighted by Crippen LogP contribution is 2.16. The molecule has 0 radical (unpaired) electrons. The van der Waals surface area contributed by atoms with Crippen LogP contribution in [0.4, 0.5) is 0 Å². The zero-order valence-electron chi connectivity index (χ0n) is 6.95. The molecular formula is C9H5IN2O2. The fraction of sp³-hybridized carbons (Fsp3) is 0. The van der Waals surface area contributed by atoms with Crippen LogP contribution in [0.15, 0.2) is 12.1 Å². The molecule has 0 atom stereocenters. The van der Waals surface area contributed by atoms with Crippen LogP contribution in [0.2, 0.25) is 0 Å². The molecular weight excluding hydrogens is 295 g/mol. The molecule has 0 bridgehead atoms. The van der Waals surface area contributed by atoms with E-state index in [-0.39, 0.29) is 11.1 Å². The van der Waals surface area contributed by atoms with Gasteiger partial charge in [-0.15, -0.1) is 0 Å².